The smallest absolute Gasteiger partial charge is 0.335 e. The van der Waals surface area contributed by atoms with E-state index in [0.29, 0.717) is 5.56 Å². The minimum Gasteiger partial charge on any atom is -0.478 e. The minimum absolute atomic E-state index is 0.168. The maximum atomic E-state index is 11.0. The summed E-state index contributed by atoms with van der Waals surface area (Å²) >= 11 is 0. The normalized spacial score (nSPS) is 20.2. The van der Waals surface area contributed by atoms with Gasteiger partial charge in [0.2, 0.25) is 0 Å². The molecule has 1 aliphatic heterocycles. The van der Waals surface area contributed by atoms with Crippen molar-refractivity contribution in [1.29, 1.82) is 0 Å². The Morgan fingerprint density at radius 2 is 1.96 bits per heavy atom. The fourth-order valence-corrected chi connectivity index (χ4v) is 4.62. The molecule has 0 unspecified atom stereocenters. The molecular weight excluding hydrogens is 352 g/mol. The van der Waals surface area contributed by atoms with Crippen LogP contribution in [0, 0.1) is 5.41 Å². The maximum absolute atomic E-state index is 11.0. The lowest BCUT2D eigenvalue weighted by molar-refractivity contribution is -0.0466. The van der Waals surface area contributed by atoms with Crippen LogP contribution >= 0.6 is 0 Å². The molecule has 0 bridgehead atoms. The third-order valence-electron chi connectivity index (χ3n) is 6.83. The fourth-order valence-electron chi connectivity index (χ4n) is 4.62. The summed E-state index contributed by atoms with van der Waals surface area (Å²) < 4.78 is 0. The Morgan fingerprint density at radius 1 is 1.25 bits per heavy atom. The van der Waals surface area contributed by atoms with Gasteiger partial charge in [-0.25, -0.2) is 9.80 Å². The number of aromatic carboxylic acids is 1. The van der Waals surface area contributed by atoms with Crippen LogP contribution in [0.4, 0.5) is 0 Å². The van der Waals surface area contributed by atoms with E-state index in [9.17, 15) is 9.90 Å². The molecule has 1 atom stereocenters. The Bertz CT molecular complexity index is 676. The van der Waals surface area contributed by atoms with Crippen molar-refractivity contribution in [2.24, 2.45) is 5.41 Å². The van der Waals surface area contributed by atoms with Crippen LogP contribution in [-0.4, -0.2) is 51.9 Å². The van der Waals surface area contributed by atoms with E-state index in [1.165, 1.54) is 19.3 Å². The van der Waals surface area contributed by atoms with Crippen LogP contribution in [-0.2, 0) is 6.42 Å². The lowest BCUT2D eigenvalue weighted by atomic mass is 9.62. The number of hydrazine groups is 1. The van der Waals surface area contributed by atoms with E-state index < -0.39 is 5.97 Å². The summed E-state index contributed by atoms with van der Waals surface area (Å²) in [7, 11) is 0. The van der Waals surface area contributed by atoms with Gasteiger partial charge < -0.3 is 15.2 Å². The van der Waals surface area contributed by atoms with Crippen molar-refractivity contribution in [3.63, 3.8) is 0 Å². The first-order valence-corrected chi connectivity index (χ1v) is 10.7. The second-order valence-electron chi connectivity index (χ2n) is 8.37. The van der Waals surface area contributed by atoms with Gasteiger partial charge in [-0.15, -0.1) is 0 Å². The molecule has 0 aromatic heterocycles. The maximum Gasteiger partial charge on any atom is 0.335 e. The fraction of sp³-hybridized carbons (Fsp3) is 0.609. The molecule has 1 aromatic carbocycles. The van der Waals surface area contributed by atoms with E-state index in [4.69, 9.17) is 5.11 Å². The largest absolute Gasteiger partial charge is 0.478 e. The summed E-state index contributed by atoms with van der Waals surface area (Å²) in [5.74, 6) is -0.889. The Morgan fingerprint density at radius 3 is 2.54 bits per heavy atom. The highest BCUT2D eigenvalue weighted by atomic mass is 16.4. The number of carboxylic acid groups (broad SMARTS) is 1. The van der Waals surface area contributed by atoms with Crippen LogP contribution in [0.5, 0.6) is 0 Å². The van der Waals surface area contributed by atoms with Gasteiger partial charge >= 0.3 is 5.97 Å². The topological polar surface area (TPSA) is 64.0 Å². The van der Waals surface area contributed by atoms with E-state index in [2.05, 4.69) is 23.5 Å². The van der Waals surface area contributed by atoms with Crippen LogP contribution in [0.2, 0.25) is 0 Å². The molecule has 2 N–H and O–H groups in total. The average Bonchev–Trinajstić information content (AvgIpc) is 2.99. The predicted molar refractivity (Wildman–Crippen MR) is 111 cm³/mol. The minimum atomic E-state index is -0.889. The zero-order chi connectivity index (χ0) is 20.1. The zero-order valence-corrected chi connectivity index (χ0v) is 17.1. The van der Waals surface area contributed by atoms with Gasteiger partial charge in [0, 0.05) is 31.8 Å². The van der Waals surface area contributed by atoms with Crippen molar-refractivity contribution in [2.45, 2.75) is 64.4 Å². The lowest BCUT2D eigenvalue weighted by Crippen LogP contribution is -2.42. The Labute approximate surface area is 168 Å². The molecule has 3 rings (SSSR count). The van der Waals surface area contributed by atoms with Crippen LogP contribution in [0.3, 0.4) is 0 Å². The number of nitrogens with zero attached hydrogens (tertiary/aromatic N) is 2. The van der Waals surface area contributed by atoms with Crippen molar-refractivity contribution in [3.05, 3.63) is 47.7 Å². The molecule has 1 saturated heterocycles. The number of aliphatic hydroxyl groups excluding tert-OH is 1. The first kappa shape index (κ1) is 20.9. The van der Waals surface area contributed by atoms with Crippen LogP contribution in [0.1, 0.15) is 67.8 Å². The molecule has 2 aliphatic rings. The predicted octanol–water partition coefficient (Wildman–Crippen LogP) is 4.09. The number of rotatable bonds is 10. The van der Waals surface area contributed by atoms with Gasteiger partial charge in [0.25, 0.3) is 0 Å². The van der Waals surface area contributed by atoms with Crippen molar-refractivity contribution in [2.75, 3.05) is 19.6 Å². The quantitative estimate of drug-likeness (QED) is 0.634. The van der Waals surface area contributed by atoms with E-state index in [1.54, 1.807) is 12.1 Å². The second kappa shape index (κ2) is 9.10. The van der Waals surface area contributed by atoms with Crippen molar-refractivity contribution in [1.82, 2.24) is 10.0 Å². The molecule has 0 spiro atoms. The van der Waals surface area contributed by atoms with E-state index in [0.717, 1.165) is 63.0 Å². The summed E-state index contributed by atoms with van der Waals surface area (Å²) in [6.45, 7) is 9.21. The molecule has 2 fully saturated rings. The standard InChI is InChI=1S/C23H34N2O3/c1-3-23(13-5-14-23)21(26)6-4-15-24-16-11-18(2)25(24)17-12-19-7-9-20(10-8-19)22(27)28/h7-10,21,26H,2-6,11-17H2,1H3,(H,27,28)/t21-/m0/s1. The molecule has 154 valence electrons. The van der Waals surface area contributed by atoms with Crippen LogP contribution < -0.4 is 0 Å². The van der Waals surface area contributed by atoms with Gasteiger partial charge in [-0.05, 0) is 61.6 Å². The highest BCUT2D eigenvalue weighted by molar-refractivity contribution is 5.87. The van der Waals surface area contributed by atoms with Gasteiger partial charge in [-0.1, -0.05) is 32.1 Å². The highest BCUT2D eigenvalue weighted by Gasteiger charge is 2.41. The van der Waals surface area contributed by atoms with E-state index in [-0.39, 0.29) is 11.5 Å². The van der Waals surface area contributed by atoms with Gasteiger partial charge in [-0.2, -0.15) is 0 Å². The highest BCUT2D eigenvalue weighted by Crippen LogP contribution is 2.47. The van der Waals surface area contributed by atoms with E-state index in [1.807, 2.05) is 12.1 Å². The number of carboxylic acids is 1. The second-order valence-corrected chi connectivity index (χ2v) is 8.37. The van der Waals surface area contributed by atoms with Crippen molar-refractivity contribution in [3.8, 4) is 0 Å². The summed E-state index contributed by atoms with van der Waals surface area (Å²) in [6.07, 6.45) is 8.26. The number of carbonyl (C=O) groups is 1. The van der Waals surface area contributed by atoms with Gasteiger partial charge in [0.05, 0.1) is 11.7 Å². The summed E-state index contributed by atoms with van der Waals surface area (Å²) in [5.41, 5.74) is 2.80. The Kier molecular flexibility index (Phi) is 6.78. The van der Waals surface area contributed by atoms with Crippen LogP contribution in [0.25, 0.3) is 0 Å². The molecule has 1 heterocycles. The first-order chi connectivity index (χ1) is 13.4. The summed E-state index contributed by atoms with van der Waals surface area (Å²) in [5, 5.41) is 24.3. The van der Waals surface area contributed by atoms with Crippen molar-refractivity contribution < 1.29 is 15.0 Å². The number of hydrogen-bond acceptors (Lipinski definition) is 4. The van der Waals surface area contributed by atoms with Gasteiger partial charge in [0.15, 0.2) is 0 Å². The van der Waals surface area contributed by atoms with Gasteiger partial charge in [-0.3, -0.25) is 0 Å². The summed E-state index contributed by atoms with van der Waals surface area (Å²) in [4.78, 5) is 11.0. The molecule has 0 amide bonds. The van der Waals surface area contributed by atoms with Gasteiger partial charge in [0.1, 0.15) is 0 Å². The Hall–Kier alpha value is -1.85. The number of benzene rings is 1. The first-order valence-electron chi connectivity index (χ1n) is 10.7. The molecule has 5 heteroatoms. The third kappa shape index (κ3) is 4.58. The lowest BCUT2D eigenvalue weighted by Gasteiger charge is -2.45. The zero-order valence-electron chi connectivity index (χ0n) is 17.1. The molecule has 5 nitrogen and oxygen atoms in total. The van der Waals surface area contributed by atoms with Crippen LogP contribution in [0.15, 0.2) is 36.5 Å². The SMILES string of the molecule is C=C1CCN(CCC[C@H](O)C2(CC)CCC2)N1CCc1ccc(C(=O)O)cc1. The molecule has 1 saturated carbocycles. The molecule has 1 aromatic rings. The molecular formula is C23H34N2O3. The number of hydrogen-bond donors (Lipinski definition) is 2. The number of aliphatic hydroxyl groups is 1. The Balaban J connectivity index is 1.47. The average molecular weight is 387 g/mol. The molecule has 28 heavy (non-hydrogen) atoms. The van der Waals surface area contributed by atoms with E-state index >= 15 is 0 Å². The monoisotopic (exact) mass is 386 g/mol. The molecule has 0 radical (unpaired) electrons. The van der Waals surface area contributed by atoms with Crippen molar-refractivity contribution >= 4 is 5.97 Å². The molecule has 1 aliphatic carbocycles. The third-order valence-corrected chi connectivity index (χ3v) is 6.83. The summed E-state index contributed by atoms with van der Waals surface area (Å²) in [6, 6.07) is 7.12.